The van der Waals surface area contributed by atoms with Crippen LogP contribution in [0.5, 0.6) is 0 Å². The summed E-state index contributed by atoms with van der Waals surface area (Å²) in [6.07, 6.45) is 2.62. The molecule has 1 fully saturated rings. The number of aliphatic carboxylic acids is 1. The molecular formula is C18H23FN2O4. The first-order valence-corrected chi connectivity index (χ1v) is 8.49. The van der Waals surface area contributed by atoms with Crippen LogP contribution in [0.3, 0.4) is 0 Å². The maximum Gasteiger partial charge on any atom is 0.312 e. The first kappa shape index (κ1) is 18.9. The molecule has 6 nitrogen and oxygen atoms in total. The number of rotatable bonds is 6. The molecule has 2 amide bonds. The average Bonchev–Trinajstić information content (AvgIpc) is 2.62. The predicted molar refractivity (Wildman–Crippen MR) is 89.4 cm³/mol. The van der Waals surface area contributed by atoms with E-state index < -0.39 is 23.7 Å². The van der Waals surface area contributed by atoms with Crippen LogP contribution >= 0.6 is 0 Å². The number of nitrogens with one attached hydrogen (secondary N) is 1. The Labute approximate surface area is 146 Å². The molecule has 1 heterocycles. The van der Waals surface area contributed by atoms with Crippen molar-refractivity contribution in [3.63, 3.8) is 0 Å². The van der Waals surface area contributed by atoms with Crippen molar-refractivity contribution in [2.45, 2.75) is 44.6 Å². The molecule has 0 aromatic heterocycles. The molecule has 1 aliphatic rings. The summed E-state index contributed by atoms with van der Waals surface area (Å²) < 4.78 is 13.0. The second kappa shape index (κ2) is 8.60. The Morgan fingerprint density at radius 2 is 1.96 bits per heavy atom. The molecule has 1 aromatic rings. The molecule has 2 atom stereocenters. The number of hydrogen-bond donors (Lipinski definition) is 2. The topological polar surface area (TPSA) is 86.7 Å². The first-order valence-electron chi connectivity index (χ1n) is 8.49. The summed E-state index contributed by atoms with van der Waals surface area (Å²) in [5.74, 6) is -2.93. The standard InChI is InChI=1S/C18H23FN2O4/c1-2-16(22)21-10-4-3-5-15(21)17(23)20-11-14(18(24)25)12-6-8-13(19)9-7-12/h6-9,14-15H,2-5,10-11H2,1H3,(H,20,23)(H,24,25). The molecule has 1 saturated heterocycles. The van der Waals surface area contributed by atoms with Crippen LogP contribution in [-0.4, -0.2) is 46.9 Å². The number of piperidine rings is 1. The highest BCUT2D eigenvalue weighted by molar-refractivity contribution is 5.88. The van der Waals surface area contributed by atoms with Gasteiger partial charge in [-0.25, -0.2) is 4.39 Å². The largest absolute Gasteiger partial charge is 0.481 e. The SMILES string of the molecule is CCC(=O)N1CCCCC1C(=O)NCC(C(=O)O)c1ccc(F)cc1. The number of carboxylic acids is 1. The number of hydrogen-bond acceptors (Lipinski definition) is 3. The van der Waals surface area contributed by atoms with Crippen molar-refractivity contribution in [2.24, 2.45) is 0 Å². The smallest absolute Gasteiger partial charge is 0.312 e. The Balaban J connectivity index is 2.03. The number of benzene rings is 1. The minimum atomic E-state index is -1.10. The summed E-state index contributed by atoms with van der Waals surface area (Å²) in [5, 5.41) is 12.0. The number of halogens is 1. The maximum atomic E-state index is 13.0. The van der Waals surface area contributed by atoms with E-state index in [4.69, 9.17) is 0 Å². The zero-order valence-corrected chi connectivity index (χ0v) is 14.2. The predicted octanol–water partition coefficient (Wildman–Crippen LogP) is 1.90. The van der Waals surface area contributed by atoms with Gasteiger partial charge in [0.1, 0.15) is 11.9 Å². The zero-order valence-electron chi connectivity index (χ0n) is 14.2. The van der Waals surface area contributed by atoms with E-state index in [-0.39, 0.29) is 18.4 Å². The summed E-state index contributed by atoms with van der Waals surface area (Å²) in [6.45, 7) is 2.19. The van der Waals surface area contributed by atoms with Gasteiger partial charge in [0.15, 0.2) is 0 Å². The molecular weight excluding hydrogens is 327 g/mol. The first-order chi connectivity index (χ1) is 11.9. The third kappa shape index (κ3) is 4.78. The van der Waals surface area contributed by atoms with Crippen LogP contribution in [0.4, 0.5) is 4.39 Å². The van der Waals surface area contributed by atoms with Gasteiger partial charge in [-0.15, -0.1) is 0 Å². The fourth-order valence-corrected chi connectivity index (χ4v) is 3.07. The maximum absolute atomic E-state index is 13.0. The number of amides is 2. The van der Waals surface area contributed by atoms with Crippen molar-refractivity contribution in [1.82, 2.24) is 10.2 Å². The van der Waals surface area contributed by atoms with E-state index in [0.717, 1.165) is 12.8 Å². The van der Waals surface area contributed by atoms with Crippen molar-refractivity contribution in [3.8, 4) is 0 Å². The van der Waals surface area contributed by atoms with E-state index in [1.54, 1.807) is 11.8 Å². The molecule has 2 N–H and O–H groups in total. The molecule has 0 aliphatic carbocycles. The molecule has 1 aliphatic heterocycles. The van der Waals surface area contributed by atoms with E-state index in [2.05, 4.69) is 5.32 Å². The Morgan fingerprint density at radius 1 is 1.28 bits per heavy atom. The second-order valence-electron chi connectivity index (χ2n) is 6.14. The molecule has 0 radical (unpaired) electrons. The quantitative estimate of drug-likeness (QED) is 0.820. The van der Waals surface area contributed by atoms with Gasteiger partial charge in [-0.05, 0) is 37.0 Å². The van der Waals surface area contributed by atoms with Gasteiger partial charge < -0.3 is 15.3 Å². The number of carbonyl (C=O) groups excluding carboxylic acids is 2. The van der Waals surface area contributed by atoms with E-state index in [9.17, 15) is 23.9 Å². The van der Waals surface area contributed by atoms with E-state index in [0.29, 0.717) is 24.9 Å². The lowest BCUT2D eigenvalue weighted by Crippen LogP contribution is -2.52. The average molecular weight is 350 g/mol. The van der Waals surface area contributed by atoms with Gasteiger partial charge in [-0.3, -0.25) is 14.4 Å². The Hall–Kier alpha value is -2.44. The minimum Gasteiger partial charge on any atom is -0.481 e. The number of carbonyl (C=O) groups is 3. The monoisotopic (exact) mass is 350 g/mol. The molecule has 7 heteroatoms. The van der Waals surface area contributed by atoms with Gasteiger partial charge in [-0.1, -0.05) is 19.1 Å². The minimum absolute atomic E-state index is 0.0758. The molecule has 25 heavy (non-hydrogen) atoms. The van der Waals surface area contributed by atoms with Crippen molar-refractivity contribution in [2.75, 3.05) is 13.1 Å². The highest BCUT2D eigenvalue weighted by Crippen LogP contribution is 2.20. The summed E-state index contributed by atoms with van der Waals surface area (Å²) >= 11 is 0. The van der Waals surface area contributed by atoms with Crippen molar-refractivity contribution >= 4 is 17.8 Å². The van der Waals surface area contributed by atoms with E-state index >= 15 is 0 Å². The fraction of sp³-hybridized carbons (Fsp3) is 0.500. The summed E-state index contributed by atoms with van der Waals surface area (Å²) in [4.78, 5) is 37.5. The molecule has 2 unspecified atom stereocenters. The Bertz CT molecular complexity index is 632. The molecule has 136 valence electrons. The van der Waals surface area contributed by atoms with E-state index in [1.807, 2.05) is 0 Å². The van der Waals surface area contributed by atoms with Crippen molar-refractivity contribution in [3.05, 3.63) is 35.6 Å². The summed E-state index contributed by atoms with van der Waals surface area (Å²) in [6, 6.07) is 4.62. The highest BCUT2D eigenvalue weighted by Gasteiger charge is 2.32. The van der Waals surface area contributed by atoms with Crippen LogP contribution in [0.1, 0.15) is 44.1 Å². The van der Waals surface area contributed by atoms with Gasteiger partial charge in [0.2, 0.25) is 11.8 Å². The van der Waals surface area contributed by atoms with Crippen molar-refractivity contribution in [1.29, 1.82) is 0 Å². The lowest BCUT2D eigenvalue weighted by atomic mass is 9.98. The van der Waals surface area contributed by atoms with Gasteiger partial charge >= 0.3 is 5.97 Å². The van der Waals surface area contributed by atoms with Gasteiger partial charge in [0, 0.05) is 19.5 Å². The second-order valence-corrected chi connectivity index (χ2v) is 6.14. The molecule has 0 spiro atoms. The van der Waals surface area contributed by atoms with E-state index in [1.165, 1.54) is 24.3 Å². The number of carboxylic acid groups (broad SMARTS) is 1. The van der Waals surface area contributed by atoms with Crippen molar-refractivity contribution < 1.29 is 23.9 Å². The third-order valence-electron chi connectivity index (χ3n) is 4.48. The number of likely N-dealkylation sites (tertiary alicyclic amines) is 1. The zero-order chi connectivity index (χ0) is 18.4. The van der Waals surface area contributed by atoms with Gasteiger partial charge in [0.25, 0.3) is 0 Å². The van der Waals surface area contributed by atoms with Gasteiger partial charge in [0.05, 0.1) is 5.92 Å². The lowest BCUT2D eigenvalue weighted by molar-refractivity contribution is -0.143. The van der Waals surface area contributed by atoms with Gasteiger partial charge in [-0.2, -0.15) is 0 Å². The molecule has 1 aromatic carbocycles. The Morgan fingerprint density at radius 3 is 2.56 bits per heavy atom. The third-order valence-corrected chi connectivity index (χ3v) is 4.48. The fourth-order valence-electron chi connectivity index (χ4n) is 3.07. The van der Waals surface area contributed by atoms with Crippen LogP contribution < -0.4 is 5.32 Å². The van der Waals surface area contributed by atoms with Crippen LogP contribution in [0.15, 0.2) is 24.3 Å². The summed E-state index contributed by atoms with van der Waals surface area (Å²) in [5.41, 5.74) is 0.416. The van der Waals surface area contributed by atoms with Crippen LogP contribution in [0.25, 0.3) is 0 Å². The molecule has 2 rings (SSSR count). The summed E-state index contributed by atoms with van der Waals surface area (Å²) in [7, 11) is 0. The number of nitrogens with zero attached hydrogens (tertiary/aromatic N) is 1. The molecule has 0 saturated carbocycles. The van der Waals surface area contributed by atoms with Crippen LogP contribution in [-0.2, 0) is 14.4 Å². The lowest BCUT2D eigenvalue weighted by Gasteiger charge is -2.34. The Kier molecular flexibility index (Phi) is 6.50. The highest BCUT2D eigenvalue weighted by atomic mass is 19.1. The van der Waals surface area contributed by atoms with Crippen LogP contribution in [0, 0.1) is 5.82 Å². The normalized spacial score (nSPS) is 18.5. The molecule has 0 bridgehead atoms. The van der Waals surface area contributed by atoms with Crippen LogP contribution in [0.2, 0.25) is 0 Å².